The molecule has 24 heavy (non-hydrogen) atoms. The number of fused-ring (bicyclic) bond motifs is 1. The summed E-state index contributed by atoms with van der Waals surface area (Å²) in [6.45, 7) is -0.0463. The Balaban J connectivity index is 1.59. The average molecular weight is 367 g/mol. The number of carbonyl (C=O) groups is 3. The van der Waals surface area contributed by atoms with Gasteiger partial charge in [-0.1, -0.05) is 41.4 Å². The standard InChI is InChI=1S/C17H16Cl2N2O3/c18-11-6-5-10(14(19)7-11)8-20-15(22)9-21-16(23)12-3-1-2-4-13(12)17(21)24/h1-2,5-7,12-13H,3-4,8-9H2,(H,20,22)/t12-,13+. The van der Waals surface area contributed by atoms with E-state index in [2.05, 4.69) is 5.32 Å². The quantitative estimate of drug-likeness (QED) is 0.657. The van der Waals surface area contributed by atoms with Crippen LogP contribution >= 0.6 is 23.2 Å². The van der Waals surface area contributed by atoms with Gasteiger partial charge < -0.3 is 5.32 Å². The van der Waals surface area contributed by atoms with E-state index in [1.54, 1.807) is 18.2 Å². The highest BCUT2D eigenvalue weighted by atomic mass is 35.5. The lowest BCUT2D eigenvalue weighted by Crippen LogP contribution is -2.40. The zero-order valence-electron chi connectivity index (χ0n) is 12.8. The third-order valence-electron chi connectivity index (χ3n) is 4.39. The van der Waals surface area contributed by atoms with E-state index in [0.717, 1.165) is 4.90 Å². The maximum absolute atomic E-state index is 12.3. The number of amides is 3. The first-order chi connectivity index (χ1) is 11.5. The van der Waals surface area contributed by atoms with Crippen LogP contribution in [0.5, 0.6) is 0 Å². The number of likely N-dealkylation sites (tertiary alicyclic amines) is 1. The van der Waals surface area contributed by atoms with Gasteiger partial charge in [-0.3, -0.25) is 19.3 Å². The topological polar surface area (TPSA) is 66.5 Å². The second-order valence-electron chi connectivity index (χ2n) is 5.93. The van der Waals surface area contributed by atoms with E-state index in [1.807, 2.05) is 12.2 Å². The average Bonchev–Trinajstić information content (AvgIpc) is 2.79. The first-order valence-corrected chi connectivity index (χ1v) is 8.44. The molecule has 1 aliphatic heterocycles. The predicted molar refractivity (Wildman–Crippen MR) is 90.4 cm³/mol. The molecular formula is C17H16Cl2N2O3. The van der Waals surface area contributed by atoms with Crippen molar-refractivity contribution in [3.63, 3.8) is 0 Å². The molecule has 1 fully saturated rings. The minimum Gasteiger partial charge on any atom is -0.350 e. The molecule has 1 aromatic rings. The number of nitrogens with zero attached hydrogens (tertiary/aromatic N) is 1. The maximum atomic E-state index is 12.3. The van der Waals surface area contributed by atoms with Gasteiger partial charge in [0.2, 0.25) is 17.7 Å². The van der Waals surface area contributed by atoms with Crippen LogP contribution in [-0.2, 0) is 20.9 Å². The van der Waals surface area contributed by atoms with E-state index in [9.17, 15) is 14.4 Å². The number of nitrogens with one attached hydrogen (secondary N) is 1. The van der Waals surface area contributed by atoms with E-state index >= 15 is 0 Å². The van der Waals surface area contributed by atoms with E-state index < -0.39 is 5.91 Å². The molecule has 0 saturated carbocycles. The van der Waals surface area contributed by atoms with Gasteiger partial charge in [0.05, 0.1) is 11.8 Å². The summed E-state index contributed by atoms with van der Waals surface area (Å²) in [7, 11) is 0. The fourth-order valence-electron chi connectivity index (χ4n) is 3.08. The second kappa shape index (κ2) is 6.95. The molecule has 5 nitrogen and oxygen atoms in total. The summed E-state index contributed by atoms with van der Waals surface area (Å²) in [6, 6.07) is 4.99. The molecule has 2 atom stereocenters. The van der Waals surface area contributed by atoms with Crippen molar-refractivity contribution in [3.8, 4) is 0 Å². The van der Waals surface area contributed by atoms with Gasteiger partial charge in [-0.05, 0) is 30.5 Å². The largest absolute Gasteiger partial charge is 0.350 e. The first kappa shape index (κ1) is 17.0. The van der Waals surface area contributed by atoms with Gasteiger partial charge in [0.1, 0.15) is 6.54 Å². The number of rotatable bonds is 4. The molecule has 0 bridgehead atoms. The van der Waals surface area contributed by atoms with Gasteiger partial charge in [-0.2, -0.15) is 0 Å². The summed E-state index contributed by atoms with van der Waals surface area (Å²) < 4.78 is 0. The monoisotopic (exact) mass is 366 g/mol. The Morgan fingerprint density at radius 3 is 2.33 bits per heavy atom. The normalized spacial score (nSPS) is 22.7. The highest BCUT2D eigenvalue weighted by Gasteiger charge is 2.47. The summed E-state index contributed by atoms with van der Waals surface area (Å²) in [5, 5.41) is 3.65. The fraction of sp³-hybridized carbons (Fsp3) is 0.353. The van der Waals surface area contributed by atoms with E-state index in [1.165, 1.54) is 0 Å². The van der Waals surface area contributed by atoms with Gasteiger partial charge in [0.25, 0.3) is 0 Å². The van der Waals surface area contributed by atoms with Crippen molar-refractivity contribution in [2.45, 2.75) is 19.4 Å². The molecule has 1 aliphatic carbocycles. The van der Waals surface area contributed by atoms with Crippen LogP contribution in [0.15, 0.2) is 30.4 Å². The Bertz CT molecular complexity index is 707. The van der Waals surface area contributed by atoms with Crippen LogP contribution in [0.4, 0.5) is 0 Å². The van der Waals surface area contributed by atoms with Gasteiger partial charge in [0, 0.05) is 16.6 Å². The van der Waals surface area contributed by atoms with Crippen LogP contribution in [0.2, 0.25) is 10.0 Å². The van der Waals surface area contributed by atoms with Gasteiger partial charge >= 0.3 is 0 Å². The Morgan fingerprint density at radius 2 is 1.75 bits per heavy atom. The molecule has 3 rings (SSSR count). The van der Waals surface area contributed by atoms with Crippen molar-refractivity contribution in [1.82, 2.24) is 10.2 Å². The van der Waals surface area contributed by atoms with Crippen LogP contribution in [0.3, 0.4) is 0 Å². The van der Waals surface area contributed by atoms with Crippen molar-refractivity contribution in [3.05, 3.63) is 46.0 Å². The molecule has 0 unspecified atom stereocenters. The zero-order chi connectivity index (χ0) is 17.3. The fourth-order valence-corrected chi connectivity index (χ4v) is 3.56. The maximum Gasteiger partial charge on any atom is 0.240 e. The minimum atomic E-state index is -0.394. The molecule has 126 valence electrons. The van der Waals surface area contributed by atoms with Gasteiger partial charge in [-0.15, -0.1) is 0 Å². The number of halogens is 2. The Hall–Kier alpha value is -1.85. The number of hydrogen-bond acceptors (Lipinski definition) is 3. The number of benzene rings is 1. The van der Waals surface area contributed by atoms with Crippen LogP contribution in [-0.4, -0.2) is 29.2 Å². The smallest absolute Gasteiger partial charge is 0.240 e. The van der Waals surface area contributed by atoms with Crippen molar-refractivity contribution in [2.24, 2.45) is 11.8 Å². The number of hydrogen-bond donors (Lipinski definition) is 1. The lowest BCUT2D eigenvalue weighted by Gasteiger charge is -2.14. The Morgan fingerprint density at radius 1 is 1.12 bits per heavy atom. The number of imide groups is 1. The van der Waals surface area contributed by atoms with Gasteiger partial charge in [0.15, 0.2) is 0 Å². The summed E-state index contributed by atoms with van der Waals surface area (Å²) in [6.07, 6.45) is 4.96. The predicted octanol–water partition coefficient (Wildman–Crippen LogP) is 2.56. The lowest BCUT2D eigenvalue weighted by molar-refractivity contribution is -0.143. The molecule has 0 radical (unpaired) electrons. The van der Waals surface area contributed by atoms with E-state index in [-0.39, 0.29) is 36.7 Å². The summed E-state index contributed by atoms with van der Waals surface area (Å²) in [5.74, 6) is -1.54. The van der Waals surface area contributed by atoms with Crippen LogP contribution in [0.1, 0.15) is 18.4 Å². The van der Waals surface area contributed by atoms with Gasteiger partial charge in [-0.25, -0.2) is 0 Å². The van der Waals surface area contributed by atoms with Crippen molar-refractivity contribution < 1.29 is 14.4 Å². The van der Waals surface area contributed by atoms with Crippen molar-refractivity contribution in [1.29, 1.82) is 0 Å². The highest BCUT2D eigenvalue weighted by Crippen LogP contribution is 2.34. The third-order valence-corrected chi connectivity index (χ3v) is 4.98. The third kappa shape index (κ3) is 3.32. The molecule has 0 aromatic heterocycles. The first-order valence-electron chi connectivity index (χ1n) is 7.68. The van der Waals surface area contributed by atoms with Crippen molar-refractivity contribution in [2.75, 3.05) is 6.54 Å². The van der Waals surface area contributed by atoms with E-state index in [4.69, 9.17) is 23.2 Å². The highest BCUT2D eigenvalue weighted by molar-refractivity contribution is 6.35. The van der Waals surface area contributed by atoms with Crippen molar-refractivity contribution >= 4 is 40.9 Å². The molecule has 7 heteroatoms. The Kier molecular flexibility index (Phi) is 4.92. The summed E-state index contributed by atoms with van der Waals surface area (Å²) >= 11 is 11.9. The number of carbonyl (C=O) groups excluding carboxylic acids is 3. The Labute approximate surface area is 149 Å². The summed E-state index contributed by atoms with van der Waals surface area (Å²) in [5.41, 5.74) is 0.714. The lowest BCUT2D eigenvalue weighted by atomic mass is 9.85. The number of allylic oxidation sites excluding steroid dienone is 2. The molecule has 0 spiro atoms. The van der Waals surface area contributed by atoms with Crippen LogP contribution < -0.4 is 5.32 Å². The molecule has 1 aromatic carbocycles. The van der Waals surface area contributed by atoms with E-state index in [0.29, 0.717) is 28.5 Å². The minimum absolute atomic E-state index is 0.208. The molecule has 2 aliphatic rings. The molecular weight excluding hydrogens is 351 g/mol. The zero-order valence-corrected chi connectivity index (χ0v) is 14.3. The van der Waals surface area contributed by atoms with Crippen LogP contribution in [0.25, 0.3) is 0 Å². The summed E-state index contributed by atoms with van der Waals surface area (Å²) in [4.78, 5) is 37.8. The molecule has 1 heterocycles. The van der Waals surface area contributed by atoms with Crippen LogP contribution in [0, 0.1) is 11.8 Å². The molecule has 3 amide bonds. The molecule has 1 saturated heterocycles. The molecule has 1 N–H and O–H groups in total. The SMILES string of the molecule is O=C(CN1C(=O)[C@H]2CC=CC[C@H]2C1=O)NCc1ccc(Cl)cc1Cl. The second-order valence-corrected chi connectivity index (χ2v) is 6.77.